The summed E-state index contributed by atoms with van der Waals surface area (Å²) in [6, 6.07) is 2.43. The minimum Gasteiger partial charge on any atom is -0.383 e. The summed E-state index contributed by atoms with van der Waals surface area (Å²) < 4.78 is 0. The summed E-state index contributed by atoms with van der Waals surface area (Å²) in [6.45, 7) is 1.95. The van der Waals surface area contributed by atoms with E-state index in [0.717, 1.165) is 16.8 Å². The van der Waals surface area contributed by atoms with Crippen LogP contribution in [-0.4, -0.2) is 20.0 Å². The Morgan fingerprint density at radius 3 is 3.00 bits per heavy atom. The van der Waals surface area contributed by atoms with Gasteiger partial charge in [-0.2, -0.15) is 15.0 Å². The van der Waals surface area contributed by atoms with Crippen LogP contribution in [-0.2, 0) is 0 Å². The lowest BCUT2D eigenvalue weighted by atomic mass is 10.1. The number of nitrogen functional groups attached to an aromatic ring is 1. The molecule has 0 aromatic carbocycles. The quantitative estimate of drug-likeness (QED) is 0.825. The van der Waals surface area contributed by atoms with Gasteiger partial charge in [-0.1, -0.05) is 0 Å². The molecule has 0 saturated heterocycles. The number of nitrogens with two attached hydrogens (primary N) is 1. The molecule has 0 amide bonds. The molecule has 0 aliphatic heterocycles. The zero-order valence-electron chi connectivity index (χ0n) is 9.09. The summed E-state index contributed by atoms with van der Waals surface area (Å²) >= 11 is 0. The molecule has 5 heteroatoms. The zero-order chi connectivity index (χ0) is 11.1. The van der Waals surface area contributed by atoms with Crippen LogP contribution in [0, 0.1) is 6.92 Å². The Balaban J connectivity index is 2.03. The van der Waals surface area contributed by atoms with E-state index in [9.17, 15) is 0 Å². The van der Waals surface area contributed by atoms with Gasteiger partial charge in [-0.15, -0.1) is 0 Å². The summed E-state index contributed by atoms with van der Waals surface area (Å²) in [4.78, 5) is 5.84. The largest absolute Gasteiger partial charge is 0.383 e. The van der Waals surface area contributed by atoms with Gasteiger partial charge in [-0.3, -0.25) is 0 Å². The van der Waals surface area contributed by atoms with Crippen molar-refractivity contribution in [3.05, 3.63) is 24.0 Å². The molecule has 2 N–H and O–H groups in total. The van der Waals surface area contributed by atoms with Gasteiger partial charge in [-0.25, -0.2) is 4.98 Å². The Morgan fingerprint density at radius 1 is 1.44 bits per heavy atom. The van der Waals surface area contributed by atoms with E-state index >= 15 is 0 Å². The second-order valence-corrected chi connectivity index (χ2v) is 4.15. The highest BCUT2D eigenvalue weighted by molar-refractivity contribution is 5.66. The minimum atomic E-state index is 0.508. The molecule has 0 bridgehead atoms. The van der Waals surface area contributed by atoms with E-state index in [0.29, 0.717) is 11.9 Å². The van der Waals surface area contributed by atoms with E-state index in [-0.39, 0.29) is 0 Å². The summed E-state index contributed by atoms with van der Waals surface area (Å²) in [5, 5.41) is 8.74. The number of anilines is 1. The molecule has 2 aromatic heterocycles. The Kier molecular flexibility index (Phi) is 1.92. The van der Waals surface area contributed by atoms with Gasteiger partial charge in [0.1, 0.15) is 11.5 Å². The van der Waals surface area contributed by atoms with E-state index in [4.69, 9.17) is 5.73 Å². The molecule has 1 aliphatic carbocycles. The number of pyridine rings is 1. The van der Waals surface area contributed by atoms with Crippen LogP contribution in [0.1, 0.15) is 24.4 Å². The fourth-order valence-corrected chi connectivity index (χ4v) is 1.71. The summed E-state index contributed by atoms with van der Waals surface area (Å²) in [6.07, 6.45) is 5.87. The first-order valence-electron chi connectivity index (χ1n) is 5.39. The molecule has 1 fully saturated rings. The van der Waals surface area contributed by atoms with Crippen LogP contribution in [0.25, 0.3) is 11.3 Å². The average molecular weight is 215 g/mol. The number of hydrogen-bond acceptors (Lipinski definition) is 4. The van der Waals surface area contributed by atoms with Crippen molar-refractivity contribution in [1.29, 1.82) is 0 Å². The van der Waals surface area contributed by atoms with E-state index in [1.54, 1.807) is 17.2 Å². The Hall–Kier alpha value is -1.91. The van der Waals surface area contributed by atoms with Crippen molar-refractivity contribution >= 4 is 5.82 Å². The molecule has 3 rings (SSSR count). The molecule has 5 nitrogen and oxygen atoms in total. The SMILES string of the molecule is Cc1c(-c2cnn(C3CC3)n2)ccnc1N. The molecule has 16 heavy (non-hydrogen) atoms. The Labute approximate surface area is 93.3 Å². The van der Waals surface area contributed by atoms with Gasteiger partial charge in [0, 0.05) is 17.3 Å². The van der Waals surface area contributed by atoms with Crippen molar-refractivity contribution in [2.75, 3.05) is 5.73 Å². The molecular formula is C11H13N5. The van der Waals surface area contributed by atoms with Crippen LogP contribution in [0.2, 0.25) is 0 Å². The van der Waals surface area contributed by atoms with Crippen LogP contribution in [0.3, 0.4) is 0 Å². The van der Waals surface area contributed by atoms with Crippen LogP contribution < -0.4 is 5.73 Å². The van der Waals surface area contributed by atoms with E-state index < -0.39 is 0 Å². The maximum absolute atomic E-state index is 5.77. The first-order chi connectivity index (χ1) is 7.75. The third-order valence-corrected chi connectivity index (χ3v) is 2.90. The van der Waals surface area contributed by atoms with Gasteiger partial charge in [0.05, 0.1) is 12.2 Å². The average Bonchev–Trinajstić information content (AvgIpc) is 3.02. The highest BCUT2D eigenvalue weighted by atomic mass is 15.5. The molecule has 0 atom stereocenters. The third kappa shape index (κ3) is 1.44. The van der Waals surface area contributed by atoms with Gasteiger partial charge in [0.15, 0.2) is 0 Å². The highest BCUT2D eigenvalue weighted by Crippen LogP contribution is 2.34. The van der Waals surface area contributed by atoms with E-state index in [1.165, 1.54) is 12.8 Å². The molecule has 0 spiro atoms. The highest BCUT2D eigenvalue weighted by Gasteiger charge is 2.26. The predicted molar refractivity (Wildman–Crippen MR) is 60.7 cm³/mol. The molecule has 2 heterocycles. The normalized spacial score (nSPS) is 15.3. The van der Waals surface area contributed by atoms with Gasteiger partial charge < -0.3 is 5.73 Å². The maximum atomic E-state index is 5.77. The topological polar surface area (TPSA) is 69.6 Å². The van der Waals surface area contributed by atoms with Crippen molar-refractivity contribution in [3.63, 3.8) is 0 Å². The lowest BCUT2D eigenvalue weighted by Crippen LogP contribution is -1.99. The van der Waals surface area contributed by atoms with Crippen molar-refractivity contribution < 1.29 is 0 Å². The lowest BCUT2D eigenvalue weighted by Gasteiger charge is -2.03. The number of aromatic nitrogens is 4. The van der Waals surface area contributed by atoms with Crippen LogP contribution in [0.5, 0.6) is 0 Å². The molecule has 0 unspecified atom stereocenters. The number of nitrogens with zero attached hydrogens (tertiary/aromatic N) is 4. The first-order valence-corrected chi connectivity index (χ1v) is 5.39. The minimum absolute atomic E-state index is 0.508. The van der Waals surface area contributed by atoms with Gasteiger partial charge in [-0.05, 0) is 25.8 Å². The maximum Gasteiger partial charge on any atom is 0.126 e. The molecular weight excluding hydrogens is 202 g/mol. The summed E-state index contributed by atoms with van der Waals surface area (Å²) in [7, 11) is 0. The van der Waals surface area contributed by atoms with Crippen LogP contribution in [0.15, 0.2) is 18.5 Å². The van der Waals surface area contributed by atoms with Crippen molar-refractivity contribution in [2.24, 2.45) is 0 Å². The first kappa shape index (κ1) is 9.33. The van der Waals surface area contributed by atoms with Gasteiger partial charge in [0.2, 0.25) is 0 Å². The smallest absolute Gasteiger partial charge is 0.126 e. The fourth-order valence-electron chi connectivity index (χ4n) is 1.71. The molecule has 0 radical (unpaired) electrons. The monoisotopic (exact) mass is 215 g/mol. The van der Waals surface area contributed by atoms with E-state index in [2.05, 4.69) is 15.2 Å². The Morgan fingerprint density at radius 2 is 2.25 bits per heavy atom. The number of hydrogen-bond donors (Lipinski definition) is 1. The van der Waals surface area contributed by atoms with Crippen LogP contribution >= 0.6 is 0 Å². The molecule has 1 saturated carbocycles. The van der Waals surface area contributed by atoms with Crippen LogP contribution in [0.4, 0.5) is 5.82 Å². The van der Waals surface area contributed by atoms with Gasteiger partial charge in [0.25, 0.3) is 0 Å². The standard InChI is InChI=1S/C11H13N5/c1-7-9(4-5-13-11(7)12)10-6-14-16(15-10)8-2-3-8/h4-6,8H,2-3H2,1H3,(H2,12,13). The summed E-state index contributed by atoms with van der Waals surface area (Å²) in [5.41, 5.74) is 8.62. The molecule has 1 aliphatic rings. The molecule has 82 valence electrons. The zero-order valence-corrected chi connectivity index (χ0v) is 9.09. The second-order valence-electron chi connectivity index (χ2n) is 4.15. The predicted octanol–water partition coefficient (Wildman–Crippen LogP) is 1.57. The Bertz CT molecular complexity index is 527. The van der Waals surface area contributed by atoms with E-state index in [1.807, 2.05) is 13.0 Å². The van der Waals surface area contributed by atoms with Crippen molar-refractivity contribution in [2.45, 2.75) is 25.8 Å². The second kappa shape index (κ2) is 3.30. The number of rotatable bonds is 2. The third-order valence-electron chi connectivity index (χ3n) is 2.90. The summed E-state index contributed by atoms with van der Waals surface area (Å²) in [5.74, 6) is 0.554. The van der Waals surface area contributed by atoms with Gasteiger partial charge >= 0.3 is 0 Å². The lowest BCUT2D eigenvalue weighted by molar-refractivity contribution is 0.554. The molecule has 2 aromatic rings. The van der Waals surface area contributed by atoms with Crippen molar-refractivity contribution in [1.82, 2.24) is 20.0 Å². The van der Waals surface area contributed by atoms with Crippen molar-refractivity contribution in [3.8, 4) is 11.3 Å². The fraction of sp³-hybridized carbons (Fsp3) is 0.364.